The molecule has 0 radical (unpaired) electrons. The van der Waals surface area contributed by atoms with E-state index in [0.717, 1.165) is 0 Å². The van der Waals surface area contributed by atoms with Crippen LogP contribution in [0.25, 0.3) is 11.4 Å². The number of halogens is 2. The highest BCUT2D eigenvalue weighted by Crippen LogP contribution is 2.25. The van der Waals surface area contributed by atoms with E-state index >= 15 is 0 Å². The van der Waals surface area contributed by atoms with Gasteiger partial charge in [0.25, 0.3) is 0 Å². The van der Waals surface area contributed by atoms with Crippen LogP contribution in [0.1, 0.15) is 5.69 Å². The van der Waals surface area contributed by atoms with Crippen molar-refractivity contribution in [1.82, 2.24) is 9.97 Å². The zero-order valence-electron chi connectivity index (χ0n) is 10.8. The van der Waals surface area contributed by atoms with Crippen LogP contribution in [0.4, 0.5) is 14.6 Å². The number of ether oxygens (including phenoxy) is 1. The predicted octanol–water partition coefficient (Wildman–Crippen LogP) is 2.78. The summed E-state index contributed by atoms with van der Waals surface area (Å²) < 4.78 is 32.1. The molecule has 0 aliphatic rings. The van der Waals surface area contributed by atoms with Crippen LogP contribution in [0.5, 0.6) is 5.75 Å². The van der Waals surface area contributed by atoms with Gasteiger partial charge in [-0.05, 0) is 25.1 Å². The van der Waals surface area contributed by atoms with E-state index in [1.54, 1.807) is 13.1 Å². The van der Waals surface area contributed by atoms with E-state index in [9.17, 15) is 8.78 Å². The number of hydrogen-bond donors (Lipinski definition) is 1. The van der Waals surface area contributed by atoms with Crippen LogP contribution >= 0.6 is 0 Å². The van der Waals surface area contributed by atoms with Crippen molar-refractivity contribution in [3.8, 4) is 17.1 Å². The highest BCUT2D eigenvalue weighted by Gasteiger charge is 2.13. The number of rotatable bonds is 3. The van der Waals surface area contributed by atoms with Gasteiger partial charge in [-0.3, -0.25) is 0 Å². The topological polar surface area (TPSA) is 47.0 Å². The summed E-state index contributed by atoms with van der Waals surface area (Å²) in [6.45, 7) is 1.53. The second-order valence-corrected chi connectivity index (χ2v) is 3.89. The number of methoxy groups -OCH3 is 1. The Hall–Kier alpha value is -2.24. The first-order valence-electron chi connectivity index (χ1n) is 5.62. The molecule has 2 rings (SSSR count). The maximum Gasteiger partial charge on any atom is 0.186 e. The van der Waals surface area contributed by atoms with Gasteiger partial charge in [-0.25, -0.2) is 18.7 Å². The first kappa shape index (κ1) is 13.2. The van der Waals surface area contributed by atoms with Gasteiger partial charge in [-0.2, -0.15) is 0 Å². The quantitative estimate of drug-likeness (QED) is 0.927. The number of benzene rings is 1. The molecule has 0 bridgehead atoms. The van der Waals surface area contributed by atoms with E-state index in [-0.39, 0.29) is 23.1 Å². The van der Waals surface area contributed by atoms with E-state index < -0.39 is 11.6 Å². The molecular weight excluding hydrogens is 252 g/mol. The molecule has 1 aromatic heterocycles. The van der Waals surface area contributed by atoms with Gasteiger partial charge in [0.2, 0.25) is 0 Å². The Morgan fingerprint density at radius 1 is 1.21 bits per heavy atom. The highest BCUT2D eigenvalue weighted by atomic mass is 19.1. The molecule has 0 aliphatic carbocycles. The lowest BCUT2D eigenvalue weighted by atomic mass is 10.2. The maximum atomic E-state index is 13.6. The molecule has 6 heteroatoms. The van der Waals surface area contributed by atoms with Gasteiger partial charge in [0.15, 0.2) is 29.0 Å². The second-order valence-electron chi connectivity index (χ2n) is 3.89. The van der Waals surface area contributed by atoms with Crippen LogP contribution in [0.3, 0.4) is 0 Å². The first-order chi connectivity index (χ1) is 9.06. The molecule has 1 N–H and O–H groups in total. The van der Waals surface area contributed by atoms with Gasteiger partial charge in [0, 0.05) is 12.6 Å². The standard InChI is InChI=1S/C13H13F2N3O/c1-7-11(15)13(16-2)18-12(17-7)8-4-5-10(19-3)9(14)6-8/h4-6H,1-3H3,(H,16,17,18). The Bertz CT molecular complexity index is 617. The molecule has 100 valence electrons. The normalized spacial score (nSPS) is 10.4. The fraction of sp³-hybridized carbons (Fsp3) is 0.231. The van der Waals surface area contributed by atoms with Gasteiger partial charge in [-0.15, -0.1) is 0 Å². The molecule has 0 saturated heterocycles. The van der Waals surface area contributed by atoms with E-state index in [1.807, 2.05) is 0 Å². The number of aromatic nitrogens is 2. The fourth-order valence-electron chi connectivity index (χ4n) is 1.66. The molecule has 1 heterocycles. The summed E-state index contributed by atoms with van der Waals surface area (Å²) in [7, 11) is 2.94. The number of anilines is 1. The Labute approximate surface area is 109 Å². The number of hydrogen-bond acceptors (Lipinski definition) is 4. The lowest BCUT2D eigenvalue weighted by Crippen LogP contribution is -2.03. The predicted molar refractivity (Wildman–Crippen MR) is 68.2 cm³/mol. The Morgan fingerprint density at radius 3 is 2.53 bits per heavy atom. The van der Waals surface area contributed by atoms with Gasteiger partial charge < -0.3 is 10.1 Å². The lowest BCUT2D eigenvalue weighted by Gasteiger charge is -2.08. The van der Waals surface area contributed by atoms with Crippen molar-refractivity contribution in [2.75, 3.05) is 19.5 Å². The minimum Gasteiger partial charge on any atom is -0.494 e. The van der Waals surface area contributed by atoms with Gasteiger partial charge >= 0.3 is 0 Å². The summed E-state index contributed by atoms with van der Waals surface area (Å²) in [6.07, 6.45) is 0. The number of nitrogens with zero attached hydrogens (tertiary/aromatic N) is 2. The first-order valence-corrected chi connectivity index (χ1v) is 5.62. The Kier molecular flexibility index (Phi) is 3.59. The summed E-state index contributed by atoms with van der Waals surface area (Å²) in [6, 6.07) is 4.35. The van der Waals surface area contributed by atoms with Crippen LogP contribution in [-0.4, -0.2) is 24.1 Å². The van der Waals surface area contributed by atoms with E-state index in [0.29, 0.717) is 5.56 Å². The van der Waals surface area contributed by atoms with Crippen molar-refractivity contribution in [2.24, 2.45) is 0 Å². The van der Waals surface area contributed by atoms with E-state index in [1.165, 1.54) is 26.2 Å². The summed E-state index contributed by atoms with van der Waals surface area (Å²) in [5.41, 5.74) is 0.656. The molecule has 0 unspecified atom stereocenters. The molecule has 0 spiro atoms. The third-order valence-electron chi connectivity index (χ3n) is 2.66. The van der Waals surface area contributed by atoms with E-state index in [4.69, 9.17) is 4.74 Å². The average Bonchev–Trinajstić information content (AvgIpc) is 2.41. The molecule has 1 aromatic carbocycles. The molecule has 0 aliphatic heterocycles. The second kappa shape index (κ2) is 5.17. The molecule has 0 fully saturated rings. The van der Waals surface area contributed by atoms with Crippen molar-refractivity contribution in [3.63, 3.8) is 0 Å². The Morgan fingerprint density at radius 2 is 1.95 bits per heavy atom. The number of nitrogens with one attached hydrogen (secondary N) is 1. The van der Waals surface area contributed by atoms with Crippen LogP contribution < -0.4 is 10.1 Å². The van der Waals surface area contributed by atoms with Crippen molar-refractivity contribution in [2.45, 2.75) is 6.92 Å². The molecule has 19 heavy (non-hydrogen) atoms. The Balaban J connectivity index is 2.53. The number of aryl methyl sites for hydroxylation is 1. The summed E-state index contributed by atoms with van der Waals surface area (Å²) >= 11 is 0. The molecule has 0 amide bonds. The summed E-state index contributed by atoms with van der Waals surface area (Å²) in [4.78, 5) is 8.03. The molecular formula is C13H13F2N3O. The third-order valence-corrected chi connectivity index (χ3v) is 2.66. The molecule has 2 aromatic rings. The van der Waals surface area contributed by atoms with Crippen LogP contribution in [0.15, 0.2) is 18.2 Å². The minimum atomic E-state index is -0.517. The van der Waals surface area contributed by atoms with Crippen molar-refractivity contribution in [1.29, 1.82) is 0 Å². The molecule has 0 atom stereocenters. The largest absolute Gasteiger partial charge is 0.494 e. The van der Waals surface area contributed by atoms with Crippen LogP contribution in [-0.2, 0) is 0 Å². The molecule has 0 saturated carbocycles. The monoisotopic (exact) mass is 265 g/mol. The smallest absolute Gasteiger partial charge is 0.186 e. The zero-order chi connectivity index (χ0) is 14.0. The lowest BCUT2D eigenvalue weighted by molar-refractivity contribution is 0.386. The van der Waals surface area contributed by atoms with Crippen LogP contribution in [0.2, 0.25) is 0 Å². The highest BCUT2D eigenvalue weighted by molar-refractivity contribution is 5.59. The third kappa shape index (κ3) is 2.47. The van der Waals surface area contributed by atoms with Crippen molar-refractivity contribution < 1.29 is 13.5 Å². The van der Waals surface area contributed by atoms with E-state index in [2.05, 4.69) is 15.3 Å². The van der Waals surface area contributed by atoms with Crippen molar-refractivity contribution in [3.05, 3.63) is 35.5 Å². The average molecular weight is 265 g/mol. The van der Waals surface area contributed by atoms with Gasteiger partial charge in [0.1, 0.15) is 0 Å². The van der Waals surface area contributed by atoms with Gasteiger partial charge in [-0.1, -0.05) is 0 Å². The summed E-state index contributed by atoms with van der Waals surface area (Å²) in [5.74, 6) is -0.559. The van der Waals surface area contributed by atoms with Crippen LogP contribution in [0, 0.1) is 18.6 Å². The maximum absolute atomic E-state index is 13.6. The SMILES string of the molecule is CNc1nc(-c2ccc(OC)c(F)c2)nc(C)c1F. The summed E-state index contributed by atoms with van der Waals surface area (Å²) in [5, 5.41) is 2.64. The minimum absolute atomic E-state index is 0.0822. The fourth-order valence-corrected chi connectivity index (χ4v) is 1.66. The zero-order valence-corrected chi connectivity index (χ0v) is 10.8. The van der Waals surface area contributed by atoms with Crippen molar-refractivity contribution >= 4 is 5.82 Å². The van der Waals surface area contributed by atoms with Gasteiger partial charge in [0.05, 0.1) is 12.8 Å². The molecule has 4 nitrogen and oxygen atoms in total.